The number of hydrogen-bond acceptors (Lipinski definition) is 8. The Morgan fingerprint density at radius 3 is 2.13 bits per heavy atom. The zero-order chi connectivity index (χ0) is 32.1. The SMILES string of the molecule is O=C(CC12CC3CC(CC(C3)C1)C2)NCCCOCCCCOCCCNc1cccc2c1C(=O)N(C1CCC(=O)NC1=O)C2=O. The normalized spacial score (nSPS) is 28.0. The summed E-state index contributed by atoms with van der Waals surface area (Å²) in [5.41, 5.74) is 1.36. The molecular weight excluding hydrogens is 588 g/mol. The maximum absolute atomic E-state index is 13.2. The third-order valence-corrected chi connectivity index (χ3v) is 10.6. The summed E-state index contributed by atoms with van der Waals surface area (Å²) in [6.07, 6.45) is 12.3. The van der Waals surface area contributed by atoms with Crippen molar-refractivity contribution in [2.75, 3.05) is 44.8 Å². The molecule has 5 fully saturated rings. The van der Waals surface area contributed by atoms with Crippen LogP contribution in [-0.4, -0.2) is 80.0 Å². The van der Waals surface area contributed by atoms with Gasteiger partial charge in [0.25, 0.3) is 11.8 Å². The van der Waals surface area contributed by atoms with Gasteiger partial charge in [-0.1, -0.05) is 6.07 Å². The van der Waals surface area contributed by atoms with Crippen LogP contribution in [0.25, 0.3) is 0 Å². The van der Waals surface area contributed by atoms with Gasteiger partial charge in [-0.25, -0.2) is 0 Å². The summed E-state index contributed by atoms with van der Waals surface area (Å²) in [7, 11) is 0. The molecule has 0 radical (unpaired) electrons. The first-order valence-corrected chi connectivity index (χ1v) is 17.3. The van der Waals surface area contributed by atoms with Crippen molar-refractivity contribution in [3.05, 3.63) is 29.3 Å². The fourth-order valence-corrected chi connectivity index (χ4v) is 8.98. The summed E-state index contributed by atoms with van der Waals surface area (Å²) in [5, 5.41) is 8.58. The lowest BCUT2D eigenvalue weighted by Gasteiger charge is -2.56. The zero-order valence-electron chi connectivity index (χ0n) is 26.8. The van der Waals surface area contributed by atoms with Crippen LogP contribution in [0.15, 0.2) is 18.2 Å². The van der Waals surface area contributed by atoms with Crippen LogP contribution in [0.3, 0.4) is 0 Å². The first-order chi connectivity index (χ1) is 22.3. The highest BCUT2D eigenvalue weighted by atomic mass is 16.5. The van der Waals surface area contributed by atoms with Crippen molar-refractivity contribution in [1.29, 1.82) is 0 Å². The fraction of sp³-hybridized carbons (Fsp3) is 0.686. The molecule has 1 aromatic carbocycles. The van der Waals surface area contributed by atoms with E-state index in [-0.39, 0.29) is 29.9 Å². The molecule has 2 aliphatic heterocycles. The molecule has 0 aromatic heterocycles. The van der Waals surface area contributed by atoms with Gasteiger partial charge in [-0.15, -0.1) is 0 Å². The van der Waals surface area contributed by atoms with Crippen LogP contribution in [0, 0.1) is 23.2 Å². The number of imide groups is 2. The molecule has 1 aromatic rings. The highest BCUT2D eigenvalue weighted by Gasteiger charge is 2.51. The molecule has 46 heavy (non-hydrogen) atoms. The predicted octanol–water partition coefficient (Wildman–Crippen LogP) is 3.82. The average Bonchev–Trinajstić information content (AvgIpc) is 3.26. The number of carbonyl (C=O) groups excluding carboxylic acids is 5. The van der Waals surface area contributed by atoms with E-state index >= 15 is 0 Å². The second-order valence-corrected chi connectivity index (χ2v) is 14.2. The van der Waals surface area contributed by atoms with Crippen molar-refractivity contribution in [2.45, 2.75) is 89.5 Å². The molecular formula is C35H48N4O7. The van der Waals surface area contributed by atoms with Crippen molar-refractivity contribution in [3.63, 3.8) is 0 Å². The second kappa shape index (κ2) is 14.6. The minimum Gasteiger partial charge on any atom is -0.384 e. The fourth-order valence-electron chi connectivity index (χ4n) is 8.98. The topological polar surface area (TPSA) is 143 Å². The van der Waals surface area contributed by atoms with Crippen LogP contribution in [0.1, 0.15) is 104 Å². The molecule has 1 saturated heterocycles. The lowest BCUT2D eigenvalue weighted by Crippen LogP contribution is -2.54. The number of rotatable bonds is 17. The van der Waals surface area contributed by atoms with E-state index in [2.05, 4.69) is 16.0 Å². The third-order valence-electron chi connectivity index (χ3n) is 10.6. The van der Waals surface area contributed by atoms with E-state index in [4.69, 9.17) is 9.47 Å². The molecule has 1 unspecified atom stereocenters. The number of benzene rings is 1. The maximum atomic E-state index is 13.2. The molecule has 11 nitrogen and oxygen atoms in total. The van der Waals surface area contributed by atoms with Gasteiger partial charge < -0.3 is 20.1 Å². The number of ether oxygens (including phenoxy) is 2. The minimum atomic E-state index is -0.981. The molecule has 4 bridgehead atoms. The number of unbranched alkanes of at least 4 members (excludes halogenated alkanes) is 1. The van der Waals surface area contributed by atoms with E-state index in [1.54, 1.807) is 18.2 Å². The second-order valence-electron chi connectivity index (χ2n) is 14.2. The molecule has 4 saturated carbocycles. The minimum absolute atomic E-state index is 0.0873. The summed E-state index contributed by atoms with van der Waals surface area (Å²) >= 11 is 0. The molecule has 11 heteroatoms. The van der Waals surface area contributed by atoms with Crippen molar-refractivity contribution in [1.82, 2.24) is 15.5 Å². The van der Waals surface area contributed by atoms with Gasteiger partial charge in [-0.05, 0) is 106 Å². The molecule has 4 aliphatic carbocycles. The zero-order valence-corrected chi connectivity index (χ0v) is 26.8. The summed E-state index contributed by atoms with van der Waals surface area (Å²) in [6.45, 7) is 3.75. The van der Waals surface area contributed by atoms with E-state index < -0.39 is 29.7 Å². The number of nitrogens with zero attached hydrogens (tertiary/aromatic N) is 1. The Hall–Kier alpha value is -3.31. The molecule has 6 aliphatic rings. The molecule has 1 atom stereocenters. The van der Waals surface area contributed by atoms with Gasteiger partial charge in [0, 0.05) is 58.0 Å². The number of nitrogens with one attached hydrogen (secondary N) is 3. The molecule has 0 spiro atoms. The van der Waals surface area contributed by atoms with Crippen LogP contribution in [-0.2, 0) is 23.9 Å². The third kappa shape index (κ3) is 7.46. The van der Waals surface area contributed by atoms with Crippen molar-refractivity contribution < 1.29 is 33.4 Å². The Morgan fingerprint density at radius 1 is 0.848 bits per heavy atom. The Bertz CT molecular complexity index is 1290. The first-order valence-electron chi connectivity index (χ1n) is 17.3. The number of piperidine rings is 1. The number of hydrogen-bond donors (Lipinski definition) is 3. The molecule has 2 heterocycles. The maximum Gasteiger partial charge on any atom is 0.264 e. The lowest BCUT2D eigenvalue weighted by atomic mass is 9.49. The van der Waals surface area contributed by atoms with Crippen LogP contribution in [0.2, 0.25) is 0 Å². The largest absolute Gasteiger partial charge is 0.384 e. The smallest absolute Gasteiger partial charge is 0.264 e. The van der Waals surface area contributed by atoms with E-state index in [0.717, 1.165) is 41.9 Å². The standard InChI is InChI=1S/C35H48N4O7/c40-29-9-8-28(32(42)38-29)39-33(43)26-6-3-7-27(31(26)34(39)44)36-10-4-14-45-12-1-2-13-46-15-5-11-37-30(41)22-35-19-23-16-24(20-35)18-25(17-23)21-35/h3,6-7,23-25,28,36H,1-2,4-5,8-22H2,(H,37,41)(H,38,40,42). The van der Waals surface area contributed by atoms with Gasteiger partial charge in [-0.3, -0.25) is 34.2 Å². The van der Waals surface area contributed by atoms with Gasteiger partial charge in [0.05, 0.1) is 11.1 Å². The highest BCUT2D eigenvalue weighted by Crippen LogP contribution is 2.61. The number of fused-ring (bicyclic) bond motifs is 1. The van der Waals surface area contributed by atoms with Crippen LogP contribution < -0.4 is 16.0 Å². The Kier molecular flexibility index (Phi) is 10.4. The van der Waals surface area contributed by atoms with Crippen LogP contribution in [0.4, 0.5) is 5.69 Å². The molecule has 5 amide bonds. The van der Waals surface area contributed by atoms with E-state index in [1.807, 2.05) is 0 Å². The van der Waals surface area contributed by atoms with Crippen molar-refractivity contribution in [2.24, 2.45) is 23.2 Å². The van der Waals surface area contributed by atoms with Gasteiger partial charge in [0.2, 0.25) is 17.7 Å². The lowest BCUT2D eigenvalue weighted by molar-refractivity contribution is -0.136. The predicted molar refractivity (Wildman–Crippen MR) is 170 cm³/mol. The van der Waals surface area contributed by atoms with Crippen LogP contribution >= 0.6 is 0 Å². The van der Waals surface area contributed by atoms with Crippen molar-refractivity contribution in [3.8, 4) is 0 Å². The van der Waals surface area contributed by atoms with Gasteiger partial charge in [0.1, 0.15) is 6.04 Å². The Morgan fingerprint density at radius 2 is 1.48 bits per heavy atom. The number of amides is 5. The van der Waals surface area contributed by atoms with E-state index in [9.17, 15) is 24.0 Å². The first kappa shape index (κ1) is 32.6. The number of carbonyl (C=O) groups is 5. The van der Waals surface area contributed by atoms with Crippen molar-refractivity contribution >= 4 is 35.2 Å². The monoisotopic (exact) mass is 636 g/mol. The van der Waals surface area contributed by atoms with E-state index in [0.29, 0.717) is 63.5 Å². The Labute approximate surface area is 270 Å². The molecule has 250 valence electrons. The van der Waals surface area contributed by atoms with E-state index in [1.165, 1.54) is 38.5 Å². The molecule has 7 rings (SSSR count). The quantitative estimate of drug-likeness (QED) is 0.173. The summed E-state index contributed by atoms with van der Waals surface area (Å²) < 4.78 is 11.5. The molecule has 3 N–H and O–H groups in total. The average molecular weight is 637 g/mol. The number of anilines is 1. The van der Waals surface area contributed by atoms with Gasteiger partial charge in [-0.2, -0.15) is 0 Å². The summed E-state index contributed by atoms with van der Waals surface area (Å²) in [6, 6.07) is 4.06. The summed E-state index contributed by atoms with van der Waals surface area (Å²) in [4.78, 5) is 63.6. The summed E-state index contributed by atoms with van der Waals surface area (Å²) in [5.74, 6) is 0.800. The van der Waals surface area contributed by atoms with Crippen LogP contribution in [0.5, 0.6) is 0 Å². The Balaban J connectivity index is 0.781. The van der Waals surface area contributed by atoms with Gasteiger partial charge >= 0.3 is 0 Å². The highest BCUT2D eigenvalue weighted by molar-refractivity contribution is 6.25. The van der Waals surface area contributed by atoms with Gasteiger partial charge in [0.15, 0.2) is 0 Å².